The summed E-state index contributed by atoms with van der Waals surface area (Å²) in [5, 5.41) is 109. The summed E-state index contributed by atoms with van der Waals surface area (Å²) in [7, 11) is 0. The van der Waals surface area contributed by atoms with E-state index in [1.54, 1.807) is 0 Å². The lowest BCUT2D eigenvalue weighted by Gasteiger charge is -2.43. The fourth-order valence-electron chi connectivity index (χ4n) is 9.77. The Morgan fingerprint density at radius 3 is 1.34 bits per heavy atom. The van der Waals surface area contributed by atoms with Crippen LogP contribution in [0.5, 0.6) is 0 Å². The molecule has 0 saturated carbocycles. The molecule has 0 spiro atoms. The number of carbonyl (C=O) groups excluding carboxylic acids is 1. The molecule has 2 aliphatic heterocycles. The molecule has 16 nitrogen and oxygen atoms in total. The van der Waals surface area contributed by atoms with Gasteiger partial charge in [-0.2, -0.15) is 0 Å². The molecule has 0 aromatic carbocycles. The van der Waals surface area contributed by atoms with E-state index in [1.807, 2.05) is 0 Å². The lowest BCUT2D eigenvalue weighted by molar-refractivity contribution is -0.332. The number of amides is 1. The van der Waals surface area contributed by atoms with Crippen LogP contribution in [0.2, 0.25) is 0 Å². The average molecular weight is 1010 g/mol. The second kappa shape index (κ2) is 41.2. The van der Waals surface area contributed by atoms with Crippen molar-refractivity contribution >= 4 is 5.91 Å². The Kier molecular flexibility index (Phi) is 38.3. The highest BCUT2D eigenvalue weighted by Gasteiger charge is 2.52. The SMILES string of the molecule is CCCCCCCCCCCCCCCCCCCC[C@@H](O)C(=O)N[C@@H](CO[C@H]1O[C@H](CO)[C@H](O)[C@H](O[C@@H]2O[C@@H]([C@H](O)CO)[C@H](O)[C@H]2O)[C@H]1O)[C@H](O)[C@H](O)CCCCCCCCCCCCCCCC. The number of aliphatic hydroxyl groups excluding tert-OH is 10. The standard InChI is InChI=1S/C54H105NO15/c1-3-5-7-9-11-13-15-17-19-20-21-22-24-26-28-30-32-34-36-42(59)52(66)55-40(45(61)41(58)35-33-31-29-27-25-23-18-16-14-12-10-8-6-4-2)39-67-53-49(65)51(46(62)44(38-57)68-53)70-54-48(64)47(63)50(69-54)43(60)37-56/h40-51,53-54,56-65H,3-39H2,1-2H3,(H,55,66)/t40-,41+,42+,43+,44+,45-,46-,47+,48+,49+,50-,51-,53-,54-/m0/s1. The summed E-state index contributed by atoms with van der Waals surface area (Å²) < 4.78 is 22.6. The zero-order chi connectivity index (χ0) is 51.4. The van der Waals surface area contributed by atoms with E-state index >= 15 is 0 Å². The van der Waals surface area contributed by atoms with Crippen molar-refractivity contribution in [2.75, 3.05) is 19.8 Å². The molecule has 0 bridgehead atoms. The minimum Gasteiger partial charge on any atom is -0.394 e. The Bertz CT molecular complexity index is 1220. The predicted molar refractivity (Wildman–Crippen MR) is 271 cm³/mol. The van der Waals surface area contributed by atoms with Gasteiger partial charge in [0.05, 0.1) is 32.0 Å². The van der Waals surface area contributed by atoms with Crippen LogP contribution < -0.4 is 5.32 Å². The van der Waals surface area contributed by atoms with Crippen LogP contribution in [-0.2, 0) is 23.7 Å². The minimum atomic E-state index is -1.82. The highest BCUT2D eigenvalue weighted by Crippen LogP contribution is 2.31. The third-order valence-corrected chi connectivity index (χ3v) is 14.5. The second-order valence-corrected chi connectivity index (χ2v) is 20.7. The summed E-state index contributed by atoms with van der Waals surface area (Å²) in [4.78, 5) is 13.4. The molecule has 0 aliphatic carbocycles. The number of rotatable bonds is 46. The summed E-state index contributed by atoms with van der Waals surface area (Å²) in [6.45, 7) is 2.40. The van der Waals surface area contributed by atoms with Crippen LogP contribution in [0.25, 0.3) is 0 Å². The number of carbonyl (C=O) groups is 1. The summed E-state index contributed by atoms with van der Waals surface area (Å²) in [6, 6.07) is -1.28. The summed E-state index contributed by atoms with van der Waals surface area (Å²) in [5.41, 5.74) is 0. The van der Waals surface area contributed by atoms with Crippen molar-refractivity contribution in [1.82, 2.24) is 5.32 Å². The normalized spacial score (nSPS) is 26.0. The summed E-state index contributed by atoms with van der Waals surface area (Å²) in [6.07, 6.45) is 18.3. The van der Waals surface area contributed by atoms with Crippen LogP contribution in [0, 0.1) is 0 Å². The molecular weight excluding hydrogens is 903 g/mol. The second-order valence-electron chi connectivity index (χ2n) is 20.7. The molecule has 0 aromatic heterocycles. The van der Waals surface area contributed by atoms with Crippen LogP contribution in [0.4, 0.5) is 0 Å². The van der Waals surface area contributed by atoms with E-state index in [1.165, 1.54) is 148 Å². The predicted octanol–water partition coefficient (Wildman–Crippen LogP) is 6.50. The monoisotopic (exact) mass is 1010 g/mol. The highest BCUT2D eigenvalue weighted by atomic mass is 16.7. The van der Waals surface area contributed by atoms with Gasteiger partial charge in [0.25, 0.3) is 0 Å². The van der Waals surface area contributed by atoms with E-state index in [0.29, 0.717) is 12.8 Å². The molecule has 2 heterocycles. The van der Waals surface area contributed by atoms with E-state index in [-0.39, 0.29) is 12.8 Å². The molecule has 416 valence electrons. The van der Waals surface area contributed by atoms with Crippen LogP contribution >= 0.6 is 0 Å². The van der Waals surface area contributed by atoms with E-state index in [9.17, 15) is 55.9 Å². The van der Waals surface area contributed by atoms with Crippen molar-refractivity contribution in [1.29, 1.82) is 0 Å². The van der Waals surface area contributed by atoms with Crippen molar-refractivity contribution in [3.63, 3.8) is 0 Å². The third-order valence-electron chi connectivity index (χ3n) is 14.5. The first-order valence-corrected chi connectivity index (χ1v) is 28.5. The molecule has 2 rings (SSSR count). The molecule has 2 aliphatic rings. The highest BCUT2D eigenvalue weighted by molar-refractivity contribution is 5.80. The van der Waals surface area contributed by atoms with Crippen LogP contribution in [0.15, 0.2) is 0 Å². The molecule has 1 amide bonds. The molecule has 14 atom stereocenters. The van der Waals surface area contributed by atoms with E-state index in [2.05, 4.69) is 19.2 Å². The van der Waals surface area contributed by atoms with Gasteiger partial charge in [0.1, 0.15) is 61.0 Å². The fraction of sp³-hybridized carbons (Fsp3) is 0.981. The number of ether oxygens (including phenoxy) is 4. The van der Waals surface area contributed by atoms with Crippen molar-refractivity contribution in [3.05, 3.63) is 0 Å². The van der Waals surface area contributed by atoms with Crippen LogP contribution in [-0.4, -0.2) is 163 Å². The molecule has 0 radical (unpaired) electrons. The van der Waals surface area contributed by atoms with Gasteiger partial charge in [-0.05, 0) is 12.8 Å². The maximum atomic E-state index is 13.4. The lowest BCUT2D eigenvalue weighted by Crippen LogP contribution is -2.62. The Balaban J connectivity index is 1.88. The maximum absolute atomic E-state index is 13.4. The van der Waals surface area contributed by atoms with Gasteiger partial charge in [-0.3, -0.25) is 4.79 Å². The first-order valence-electron chi connectivity index (χ1n) is 28.5. The van der Waals surface area contributed by atoms with Gasteiger partial charge in [0.2, 0.25) is 5.91 Å². The van der Waals surface area contributed by atoms with Crippen LogP contribution in [0.3, 0.4) is 0 Å². The van der Waals surface area contributed by atoms with Crippen LogP contribution in [0.1, 0.15) is 232 Å². The first kappa shape index (κ1) is 65.0. The summed E-state index contributed by atoms with van der Waals surface area (Å²) in [5.74, 6) is -0.760. The quantitative estimate of drug-likeness (QED) is 0.0291. The largest absolute Gasteiger partial charge is 0.394 e. The molecule has 11 N–H and O–H groups in total. The van der Waals surface area contributed by atoms with Crippen molar-refractivity contribution in [3.8, 4) is 0 Å². The molecule has 70 heavy (non-hydrogen) atoms. The van der Waals surface area contributed by atoms with Crippen molar-refractivity contribution in [2.45, 2.75) is 318 Å². The number of hydrogen-bond donors (Lipinski definition) is 11. The van der Waals surface area contributed by atoms with Gasteiger partial charge in [0, 0.05) is 0 Å². The van der Waals surface area contributed by atoms with Crippen molar-refractivity contribution < 1.29 is 74.8 Å². The Morgan fingerprint density at radius 1 is 0.514 bits per heavy atom. The molecule has 0 unspecified atom stereocenters. The van der Waals surface area contributed by atoms with Gasteiger partial charge in [-0.1, -0.05) is 219 Å². The number of hydrogen-bond acceptors (Lipinski definition) is 15. The summed E-state index contributed by atoms with van der Waals surface area (Å²) >= 11 is 0. The number of aliphatic hydroxyl groups is 10. The number of nitrogens with one attached hydrogen (secondary N) is 1. The molecule has 2 fully saturated rings. The van der Waals surface area contributed by atoms with E-state index in [4.69, 9.17) is 18.9 Å². The van der Waals surface area contributed by atoms with Crippen molar-refractivity contribution in [2.24, 2.45) is 0 Å². The maximum Gasteiger partial charge on any atom is 0.249 e. The van der Waals surface area contributed by atoms with E-state index in [0.717, 1.165) is 44.9 Å². The third kappa shape index (κ3) is 26.9. The topological polar surface area (TPSA) is 268 Å². The number of unbranched alkanes of at least 4 members (excludes halogenated alkanes) is 30. The lowest BCUT2D eigenvalue weighted by atomic mass is 9.98. The molecule has 0 aromatic rings. The average Bonchev–Trinajstić information content (AvgIpc) is 3.64. The molecule has 16 heteroatoms. The van der Waals surface area contributed by atoms with E-state index < -0.39 is 111 Å². The Labute approximate surface area is 422 Å². The van der Waals surface area contributed by atoms with Gasteiger partial charge in [0.15, 0.2) is 12.6 Å². The zero-order valence-electron chi connectivity index (χ0n) is 43.8. The molecule has 2 saturated heterocycles. The van der Waals surface area contributed by atoms with Gasteiger partial charge in [-0.15, -0.1) is 0 Å². The molecular formula is C54H105NO15. The zero-order valence-corrected chi connectivity index (χ0v) is 43.8. The van der Waals surface area contributed by atoms with Gasteiger partial charge < -0.3 is 75.3 Å². The fourth-order valence-corrected chi connectivity index (χ4v) is 9.77. The smallest absolute Gasteiger partial charge is 0.249 e. The Hall–Kier alpha value is -1.09. The van der Waals surface area contributed by atoms with Gasteiger partial charge >= 0.3 is 0 Å². The first-order chi connectivity index (χ1) is 33.9. The Morgan fingerprint density at radius 2 is 0.929 bits per heavy atom. The minimum absolute atomic E-state index is 0.204. The van der Waals surface area contributed by atoms with Gasteiger partial charge in [-0.25, -0.2) is 0 Å².